The number of hydrogen-bond donors (Lipinski definition) is 0. The number of thiocarbonyl (C=S) groups is 1. The predicted octanol–water partition coefficient (Wildman–Crippen LogP) is 3.09. The highest BCUT2D eigenvalue weighted by atomic mass is 32.1. The van der Waals surface area contributed by atoms with Crippen molar-refractivity contribution < 1.29 is 0 Å². The number of rotatable bonds is 3. The Morgan fingerprint density at radius 3 is 2.17 bits per heavy atom. The van der Waals surface area contributed by atoms with Crippen molar-refractivity contribution >= 4 is 17.2 Å². The van der Waals surface area contributed by atoms with E-state index >= 15 is 0 Å². The van der Waals surface area contributed by atoms with E-state index in [-0.39, 0.29) is 0 Å². The summed E-state index contributed by atoms with van der Waals surface area (Å²) in [5.41, 5.74) is 0.319. The van der Waals surface area contributed by atoms with Gasteiger partial charge in [0.25, 0.3) is 0 Å². The van der Waals surface area contributed by atoms with Crippen LogP contribution in [-0.2, 0) is 0 Å². The highest BCUT2D eigenvalue weighted by molar-refractivity contribution is 7.80. The molecule has 0 aliphatic rings. The van der Waals surface area contributed by atoms with Gasteiger partial charge in [-0.05, 0) is 11.8 Å². The molecule has 0 rings (SSSR count). The first-order valence-corrected chi connectivity index (χ1v) is 5.01. The smallest absolute Gasteiger partial charge is 0.0781 e. The molecule has 0 aliphatic carbocycles. The number of nitrogens with zero attached hydrogens (tertiary/aromatic N) is 1. The maximum absolute atomic E-state index is 5.32. The van der Waals surface area contributed by atoms with Crippen LogP contribution in [0.4, 0.5) is 0 Å². The molecule has 2 heteroatoms. The molecule has 72 valence electrons. The van der Waals surface area contributed by atoms with Gasteiger partial charge in [-0.2, -0.15) is 0 Å². The fourth-order valence-corrected chi connectivity index (χ4v) is 1.57. The second kappa shape index (κ2) is 4.80. The fraction of sp³-hybridized carbons (Fsp3) is 0.900. The van der Waals surface area contributed by atoms with Gasteiger partial charge >= 0.3 is 0 Å². The van der Waals surface area contributed by atoms with E-state index in [4.69, 9.17) is 12.2 Å². The minimum Gasteiger partial charge on any atom is -0.369 e. The average molecular weight is 187 g/mol. The monoisotopic (exact) mass is 187 g/mol. The van der Waals surface area contributed by atoms with E-state index in [1.807, 2.05) is 0 Å². The fourth-order valence-electron chi connectivity index (χ4n) is 1.05. The maximum atomic E-state index is 5.32. The molecule has 0 atom stereocenters. The SMILES string of the molecule is CCCN(C)C(=S)CC(C)(C)C. The van der Waals surface area contributed by atoms with E-state index in [2.05, 4.69) is 39.6 Å². The highest BCUT2D eigenvalue weighted by Crippen LogP contribution is 2.20. The van der Waals surface area contributed by atoms with Gasteiger partial charge in [-0.15, -0.1) is 0 Å². The van der Waals surface area contributed by atoms with Crippen LogP contribution in [0.15, 0.2) is 0 Å². The molecule has 0 N–H and O–H groups in total. The van der Waals surface area contributed by atoms with Crippen molar-refractivity contribution in [2.24, 2.45) is 5.41 Å². The van der Waals surface area contributed by atoms with Gasteiger partial charge in [0.05, 0.1) is 4.99 Å². The van der Waals surface area contributed by atoms with Crippen LogP contribution in [0.2, 0.25) is 0 Å². The van der Waals surface area contributed by atoms with Crippen molar-refractivity contribution in [3.63, 3.8) is 0 Å². The topological polar surface area (TPSA) is 3.24 Å². The molecule has 0 bridgehead atoms. The summed E-state index contributed by atoms with van der Waals surface area (Å²) in [7, 11) is 2.08. The van der Waals surface area contributed by atoms with Gasteiger partial charge in [-0.25, -0.2) is 0 Å². The average Bonchev–Trinajstić information content (AvgIpc) is 1.84. The quantitative estimate of drug-likeness (QED) is 0.625. The molecule has 12 heavy (non-hydrogen) atoms. The van der Waals surface area contributed by atoms with Crippen molar-refractivity contribution in [1.82, 2.24) is 4.90 Å². The molecular weight excluding hydrogens is 166 g/mol. The lowest BCUT2D eigenvalue weighted by Gasteiger charge is -2.25. The molecule has 0 amide bonds. The van der Waals surface area contributed by atoms with Gasteiger partial charge in [-0.1, -0.05) is 39.9 Å². The largest absolute Gasteiger partial charge is 0.369 e. The minimum absolute atomic E-state index is 0.319. The van der Waals surface area contributed by atoms with Crippen LogP contribution in [0.5, 0.6) is 0 Å². The zero-order valence-corrected chi connectivity index (χ0v) is 9.79. The van der Waals surface area contributed by atoms with E-state index in [1.54, 1.807) is 0 Å². The van der Waals surface area contributed by atoms with Crippen LogP contribution in [0.1, 0.15) is 40.5 Å². The van der Waals surface area contributed by atoms with E-state index in [0.29, 0.717) is 5.41 Å². The van der Waals surface area contributed by atoms with Gasteiger partial charge in [-0.3, -0.25) is 0 Å². The van der Waals surface area contributed by atoms with E-state index < -0.39 is 0 Å². The molecular formula is C10H21NS. The third kappa shape index (κ3) is 5.53. The Kier molecular flexibility index (Phi) is 4.76. The predicted molar refractivity (Wildman–Crippen MR) is 59.6 cm³/mol. The van der Waals surface area contributed by atoms with Crippen LogP contribution in [0.3, 0.4) is 0 Å². The molecule has 0 aromatic heterocycles. The number of hydrogen-bond acceptors (Lipinski definition) is 1. The molecule has 0 aromatic rings. The van der Waals surface area contributed by atoms with E-state index in [9.17, 15) is 0 Å². The van der Waals surface area contributed by atoms with Crippen LogP contribution in [-0.4, -0.2) is 23.5 Å². The van der Waals surface area contributed by atoms with Gasteiger partial charge in [0.15, 0.2) is 0 Å². The minimum atomic E-state index is 0.319. The third-order valence-electron chi connectivity index (χ3n) is 1.67. The first-order valence-electron chi connectivity index (χ1n) is 4.61. The van der Waals surface area contributed by atoms with Crippen molar-refractivity contribution in [2.45, 2.75) is 40.5 Å². The molecule has 0 spiro atoms. The van der Waals surface area contributed by atoms with Crippen molar-refractivity contribution in [2.75, 3.05) is 13.6 Å². The lowest BCUT2D eigenvalue weighted by molar-refractivity contribution is 0.403. The van der Waals surface area contributed by atoms with Gasteiger partial charge in [0.2, 0.25) is 0 Å². The summed E-state index contributed by atoms with van der Waals surface area (Å²) in [6.45, 7) is 9.92. The summed E-state index contributed by atoms with van der Waals surface area (Å²) in [5, 5.41) is 0. The lowest BCUT2D eigenvalue weighted by atomic mass is 9.92. The van der Waals surface area contributed by atoms with Gasteiger partial charge in [0.1, 0.15) is 0 Å². The first-order chi connectivity index (χ1) is 5.37. The molecule has 0 radical (unpaired) electrons. The molecule has 0 fully saturated rings. The molecule has 0 aliphatic heterocycles. The normalized spacial score (nSPS) is 11.4. The standard InChI is InChI=1S/C10H21NS/c1-6-7-11(5)9(12)8-10(2,3)4/h6-8H2,1-5H3. The van der Waals surface area contributed by atoms with E-state index in [0.717, 1.165) is 18.0 Å². The second-order valence-electron chi connectivity index (χ2n) is 4.55. The summed E-state index contributed by atoms with van der Waals surface area (Å²) in [4.78, 5) is 3.27. The lowest BCUT2D eigenvalue weighted by Crippen LogP contribution is -2.29. The Labute approximate surface area is 82.1 Å². The summed E-state index contributed by atoms with van der Waals surface area (Å²) in [6, 6.07) is 0. The molecule has 0 unspecified atom stereocenters. The second-order valence-corrected chi connectivity index (χ2v) is 5.02. The Bertz CT molecular complexity index is 146. The maximum Gasteiger partial charge on any atom is 0.0781 e. The Morgan fingerprint density at radius 1 is 1.33 bits per heavy atom. The molecule has 0 saturated carbocycles. The Hall–Kier alpha value is -0.110. The first kappa shape index (κ1) is 11.9. The Balaban J connectivity index is 3.87. The summed E-state index contributed by atoms with van der Waals surface area (Å²) in [5.74, 6) is 0. The summed E-state index contributed by atoms with van der Waals surface area (Å²) < 4.78 is 0. The molecule has 1 nitrogen and oxygen atoms in total. The summed E-state index contributed by atoms with van der Waals surface area (Å²) in [6.07, 6.45) is 2.18. The molecule has 0 heterocycles. The van der Waals surface area contributed by atoms with Gasteiger partial charge < -0.3 is 4.90 Å². The van der Waals surface area contributed by atoms with Crippen LogP contribution >= 0.6 is 12.2 Å². The van der Waals surface area contributed by atoms with Crippen LogP contribution < -0.4 is 0 Å². The zero-order valence-electron chi connectivity index (χ0n) is 8.98. The molecule has 0 saturated heterocycles. The van der Waals surface area contributed by atoms with Crippen LogP contribution in [0, 0.1) is 5.41 Å². The Morgan fingerprint density at radius 2 is 1.83 bits per heavy atom. The van der Waals surface area contributed by atoms with Crippen molar-refractivity contribution in [3.8, 4) is 0 Å². The van der Waals surface area contributed by atoms with Crippen LogP contribution in [0.25, 0.3) is 0 Å². The van der Waals surface area contributed by atoms with Crippen molar-refractivity contribution in [1.29, 1.82) is 0 Å². The van der Waals surface area contributed by atoms with Gasteiger partial charge in [0, 0.05) is 20.0 Å². The zero-order chi connectivity index (χ0) is 9.78. The summed E-state index contributed by atoms with van der Waals surface area (Å²) >= 11 is 5.32. The van der Waals surface area contributed by atoms with Crippen molar-refractivity contribution in [3.05, 3.63) is 0 Å². The molecule has 0 aromatic carbocycles. The van der Waals surface area contributed by atoms with E-state index in [1.165, 1.54) is 6.42 Å². The third-order valence-corrected chi connectivity index (χ3v) is 2.12. The highest BCUT2D eigenvalue weighted by Gasteiger charge is 2.15.